The van der Waals surface area contributed by atoms with Crippen LogP contribution in [0.5, 0.6) is 0 Å². The minimum absolute atomic E-state index is 0.104. The summed E-state index contributed by atoms with van der Waals surface area (Å²) in [5.41, 5.74) is -0.292. The highest BCUT2D eigenvalue weighted by Crippen LogP contribution is 2.31. The zero-order valence-corrected chi connectivity index (χ0v) is 14.4. The molecule has 1 aliphatic carbocycles. The summed E-state index contributed by atoms with van der Waals surface area (Å²) in [4.78, 5) is 29.3. The van der Waals surface area contributed by atoms with Crippen molar-refractivity contribution < 1.29 is 14.3 Å². The molecule has 0 aromatic carbocycles. The van der Waals surface area contributed by atoms with Crippen molar-refractivity contribution in [2.45, 2.75) is 51.2 Å². The van der Waals surface area contributed by atoms with E-state index in [1.807, 2.05) is 23.6 Å². The fourth-order valence-electron chi connectivity index (χ4n) is 3.69. The molecular formula is C16H26N2O3S. The van der Waals surface area contributed by atoms with Gasteiger partial charge in [0.2, 0.25) is 11.8 Å². The first kappa shape index (κ1) is 16.1. The Labute approximate surface area is 136 Å². The van der Waals surface area contributed by atoms with Gasteiger partial charge in [0.1, 0.15) is 6.04 Å². The predicted octanol–water partition coefficient (Wildman–Crippen LogP) is 1.72. The first-order chi connectivity index (χ1) is 10.5. The molecule has 3 fully saturated rings. The highest BCUT2D eigenvalue weighted by molar-refractivity contribution is 7.99. The van der Waals surface area contributed by atoms with Crippen molar-refractivity contribution >= 4 is 23.6 Å². The lowest BCUT2D eigenvalue weighted by Crippen LogP contribution is -2.56. The maximum atomic E-state index is 12.9. The number of rotatable bonds is 2. The lowest BCUT2D eigenvalue weighted by molar-refractivity contribution is -0.154. The molecule has 0 aromatic heterocycles. The maximum Gasteiger partial charge on any atom is 0.246 e. The summed E-state index contributed by atoms with van der Waals surface area (Å²) in [6, 6.07) is -0.271. The number of nitrogens with zero attached hydrogens (tertiary/aromatic N) is 2. The molecular weight excluding hydrogens is 300 g/mol. The third-order valence-electron chi connectivity index (χ3n) is 4.89. The molecule has 0 aromatic rings. The van der Waals surface area contributed by atoms with E-state index >= 15 is 0 Å². The molecule has 22 heavy (non-hydrogen) atoms. The van der Waals surface area contributed by atoms with E-state index in [0.29, 0.717) is 25.6 Å². The summed E-state index contributed by atoms with van der Waals surface area (Å²) in [6.07, 6.45) is 4.28. The zero-order valence-electron chi connectivity index (χ0n) is 13.5. The average molecular weight is 326 g/mol. The van der Waals surface area contributed by atoms with Crippen LogP contribution in [0.1, 0.15) is 39.5 Å². The fourth-order valence-corrected chi connectivity index (χ4v) is 4.84. The van der Waals surface area contributed by atoms with Crippen LogP contribution in [0, 0.1) is 5.92 Å². The number of thioether (sulfide) groups is 1. The van der Waals surface area contributed by atoms with Crippen LogP contribution in [0.25, 0.3) is 0 Å². The molecule has 1 atom stereocenters. The van der Waals surface area contributed by atoms with E-state index in [9.17, 15) is 9.59 Å². The van der Waals surface area contributed by atoms with Gasteiger partial charge in [-0.15, -0.1) is 11.8 Å². The van der Waals surface area contributed by atoms with E-state index in [2.05, 4.69) is 0 Å². The van der Waals surface area contributed by atoms with Crippen LogP contribution in [-0.4, -0.2) is 64.6 Å². The number of carbonyl (C=O) groups is 2. The molecule has 0 radical (unpaired) electrons. The number of ether oxygens (including phenoxy) is 1. The van der Waals surface area contributed by atoms with Crippen LogP contribution in [0.2, 0.25) is 0 Å². The van der Waals surface area contributed by atoms with Gasteiger partial charge in [0.15, 0.2) is 0 Å². The van der Waals surface area contributed by atoms with Gasteiger partial charge in [-0.3, -0.25) is 9.59 Å². The van der Waals surface area contributed by atoms with Crippen molar-refractivity contribution in [1.82, 2.24) is 9.80 Å². The normalized spacial score (nSPS) is 29.1. The Balaban J connectivity index is 1.67. The van der Waals surface area contributed by atoms with Crippen LogP contribution in [0.3, 0.4) is 0 Å². The molecule has 2 amide bonds. The van der Waals surface area contributed by atoms with Gasteiger partial charge in [-0.25, -0.2) is 0 Å². The summed E-state index contributed by atoms with van der Waals surface area (Å²) in [6.45, 7) is 5.84. The third-order valence-corrected chi connectivity index (χ3v) is 5.90. The Bertz CT molecular complexity index is 449. The largest absolute Gasteiger partial charge is 0.372 e. The van der Waals surface area contributed by atoms with Gasteiger partial charge >= 0.3 is 0 Å². The lowest BCUT2D eigenvalue weighted by atomic mass is 10.0. The summed E-state index contributed by atoms with van der Waals surface area (Å²) < 4.78 is 5.68. The van der Waals surface area contributed by atoms with Crippen molar-refractivity contribution in [1.29, 1.82) is 0 Å². The first-order valence-electron chi connectivity index (χ1n) is 8.29. The predicted molar refractivity (Wildman–Crippen MR) is 86.5 cm³/mol. The second kappa shape index (κ2) is 6.40. The fraction of sp³-hybridized carbons (Fsp3) is 0.875. The molecule has 3 rings (SSSR count). The van der Waals surface area contributed by atoms with Crippen LogP contribution in [-0.2, 0) is 14.3 Å². The van der Waals surface area contributed by atoms with Gasteiger partial charge in [-0.1, -0.05) is 12.8 Å². The maximum absolute atomic E-state index is 12.9. The Hall–Kier alpha value is -0.750. The van der Waals surface area contributed by atoms with E-state index < -0.39 is 0 Å². The second-order valence-corrected chi connectivity index (χ2v) is 8.17. The highest BCUT2D eigenvalue weighted by Gasteiger charge is 2.41. The highest BCUT2D eigenvalue weighted by atomic mass is 32.2. The number of carbonyl (C=O) groups excluding carboxylic acids is 2. The standard InChI is InChI=1S/C16H26N2O3S/c1-16(2)10-17(7-8-21-16)15(20)13-9-22-11-18(13)14(19)12-5-3-4-6-12/h12-13H,3-11H2,1-2H3/t13-/m1/s1. The third kappa shape index (κ3) is 3.27. The molecule has 0 bridgehead atoms. The van der Waals surface area contributed by atoms with Crippen LogP contribution in [0.15, 0.2) is 0 Å². The van der Waals surface area contributed by atoms with E-state index in [4.69, 9.17) is 4.74 Å². The van der Waals surface area contributed by atoms with Gasteiger partial charge in [-0.2, -0.15) is 0 Å². The van der Waals surface area contributed by atoms with Crippen molar-refractivity contribution in [2.75, 3.05) is 31.3 Å². The van der Waals surface area contributed by atoms with Gasteiger partial charge < -0.3 is 14.5 Å². The SMILES string of the molecule is CC1(C)CN(C(=O)[C@H]2CSCN2C(=O)C2CCCC2)CCO1. The number of hydrogen-bond donors (Lipinski definition) is 0. The van der Waals surface area contributed by atoms with Crippen molar-refractivity contribution in [2.24, 2.45) is 5.92 Å². The zero-order chi connectivity index (χ0) is 15.7. The molecule has 3 aliphatic rings. The van der Waals surface area contributed by atoms with Gasteiger partial charge in [-0.05, 0) is 26.7 Å². The molecule has 0 N–H and O–H groups in total. The average Bonchev–Trinajstić information content (AvgIpc) is 3.16. The van der Waals surface area contributed by atoms with E-state index in [1.165, 1.54) is 0 Å². The van der Waals surface area contributed by atoms with E-state index in [1.54, 1.807) is 11.8 Å². The summed E-state index contributed by atoms with van der Waals surface area (Å²) >= 11 is 1.70. The molecule has 6 heteroatoms. The Kier molecular flexibility index (Phi) is 4.69. The Morgan fingerprint density at radius 3 is 2.59 bits per heavy atom. The number of amides is 2. The summed E-state index contributed by atoms with van der Waals surface area (Å²) in [5.74, 6) is 1.85. The quantitative estimate of drug-likeness (QED) is 0.775. The Morgan fingerprint density at radius 2 is 1.91 bits per heavy atom. The van der Waals surface area contributed by atoms with Crippen LogP contribution < -0.4 is 0 Å². The minimum Gasteiger partial charge on any atom is -0.372 e. The lowest BCUT2D eigenvalue weighted by Gasteiger charge is -2.40. The topological polar surface area (TPSA) is 49.9 Å². The molecule has 0 unspecified atom stereocenters. The second-order valence-electron chi connectivity index (χ2n) is 7.17. The van der Waals surface area contributed by atoms with E-state index in [-0.39, 0.29) is 29.4 Å². The molecule has 5 nitrogen and oxygen atoms in total. The summed E-state index contributed by atoms with van der Waals surface area (Å²) in [7, 11) is 0. The summed E-state index contributed by atoms with van der Waals surface area (Å²) in [5, 5.41) is 0. The van der Waals surface area contributed by atoms with Gasteiger partial charge in [0, 0.05) is 24.8 Å². The molecule has 2 heterocycles. The molecule has 1 saturated carbocycles. The van der Waals surface area contributed by atoms with Crippen molar-refractivity contribution in [3.8, 4) is 0 Å². The molecule has 2 saturated heterocycles. The monoisotopic (exact) mass is 326 g/mol. The van der Waals surface area contributed by atoms with E-state index in [0.717, 1.165) is 31.4 Å². The molecule has 124 valence electrons. The number of morpholine rings is 1. The molecule has 2 aliphatic heterocycles. The van der Waals surface area contributed by atoms with Crippen LogP contribution >= 0.6 is 11.8 Å². The first-order valence-corrected chi connectivity index (χ1v) is 9.44. The number of hydrogen-bond acceptors (Lipinski definition) is 4. The smallest absolute Gasteiger partial charge is 0.246 e. The molecule has 0 spiro atoms. The minimum atomic E-state index is -0.292. The van der Waals surface area contributed by atoms with Crippen LogP contribution in [0.4, 0.5) is 0 Å². The Morgan fingerprint density at radius 1 is 1.18 bits per heavy atom. The van der Waals surface area contributed by atoms with Gasteiger partial charge in [0.25, 0.3) is 0 Å². The van der Waals surface area contributed by atoms with Crippen molar-refractivity contribution in [3.63, 3.8) is 0 Å². The van der Waals surface area contributed by atoms with Gasteiger partial charge in [0.05, 0.1) is 18.1 Å². The van der Waals surface area contributed by atoms with Crippen molar-refractivity contribution in [3.05, 3.63) is 0 Å².